The van der Waals surface area contributed by atoms with Gasteiger partial charge in [0.1, 0.15) is 5.75 Å². The highest BCUT2D eigenvalue weighted by atomic mass is 32.2. The van der Waals surface area contributed by atoms with E-state index in [-0.39, 0.29) is 23.3 Å². The molecule has 6 nitrogen and oxygen atoms in total. The molecule has 1 heterocycles. The number of hydrogen-bond donors (Lipinski definition) is 2. The van der Waals surface area contributed by atoms with Gasteiger partial charge in [-0.25, -0.2) is 0 Å². The summed E-state index contributed by atoms with van der Waals surface area (Å²) in [7, 11) is 0. The summed E-state index contributed by atoms with van der Waals surface area (Å²) in [4.78, 5) is 25.1. The lowest BCUT2D eigenvalue weighted by Gasteiger charge is -2.11. The predicted molar refractivity (Wildman–Crippen MR) is 110 cm³/mol. The van der Waals surface area contributed by atoms with Crippen LogP contribution in [0.4, 0.5) is 11.4 Å². The van der Waals surface area contributed by atoms with E-state index in [1.165, 1.54) is 18.0 Å². The first-order valence-electron chi connectivity index (χ1n) is 8.75. The predicted octanol–water partition coefficient (Wildman–Crippen LogP) is 4.66. The van der Waals surface area contributed by atoms with Gasteiger partial charge in [0.2, 0.25) is 5.91 Å². The molecule has 0 spiro atoms. The van der Waals surface area contributed by atoms with Gasteiger partial charge in [-0.05, 0) is 55.5 Å². The molecule has 0 atom stereocenters. The van der Waals surface area contributed by atoms with Crippen molar-refractivity contribution in [1.29, 1.82) is 0 Å². The van der Waals surface area contributed by atoms with Crippen LogP contribution in [-0.4, -0.2) is 24.2 Å². The average Bonchev–Trinajstić information content (AvgIpc) is 3.24. The van der Waals surface area contributed by atoms with Crippen molar-refractivity contribution < 1.29 is 18.7 Å². The molecular weight excluding hydrogens is 376 g/mol. The lowest BCUT2D eigenvalue weighted by atomic mass is 10.3. The van der Waals surface area contributed by atoms with Crippen molar-refractivity contribution in [1.82, 2.24) is 0 Å². The molecule has 7 heteroatoms. The Kier molecular flexibility index (Phi) is 6.75. The molecule has 3 rings (SSSR count). The number of nitrogens with one attached hydrogen (secondary N) is 2. The van der Waals surface area contributed by atoms with E-state index in [2.05, 4.69) is 10.6 Å². The van der Waals surface area contributed by atoms with E-state index >= 15 is 0 Å². The summed E-state index contributed by atoms with van der Waals surface area (Å²) in [5.74, 6) is 0.742. The first-order valence-corrected chi connectivity index (χ1v) is 9.73. The first-order chi connectivity index (χ1) is 13.7. The molecule has 0 aliphatic heterocycles. The van der Waals surface area contributed by atoms with Crippen LogP contribution in [0.2, 0.25) is 0 Å². The summed E-state index contributed by atoms with van der Waals surface area (Å²) in [6.45, 7) is 2.43. The van der Waals surface area contributed by atoms with Crippen molar-refractivity contribution in [2.45, 2.75) is 11.8 Å². The first kappa shape index (κ1) is 19.6. The van der Waals surface area contributed by atoms with Crippen LogP contribution in [0.5, 0.6) is 5.75 Å². The number of rotatable bonds is 8. The molecule has 2 amide bonds. The molecule has 1 aromatic heterocycles. The van der Waals surface area contributed by atoms with Gasteiger partial charge >= 0.3 is 0 Å². The number of amides is 2. The number of furan rings is 1. The topological polar surface area (TPSA) is 80.6 Å². The number of carbonyl (C=O) groups excluding carboxylic acids is 2. The number of carbonyl (C=O) groups is 2. The molecule has 0 fully saturated rings. The lowest BCUT2D eigenvalue weighted by Crippen LogP contribution is -2.15. The second-order valence-electron chi connectivity index (χ2n) is 5.72. The highest BCUT2D eigenvalue weighted by Gasteiger charge is 2.10. The Morgan fingerprint density at radius 1 is 1.00 bits per heavy atom. The van der Waals surface area contributed by atoms with E-state index in [4.69, 9.17) is 9.15 Å². The molecule has 3 aromatic rings. The molecule has 28 heavy (non-hydrogen) atoms. The third-order valence-corrected chi connectivity index (χ3v) is 4.70. The Labute approximate surface area is 167 Å². The van der Waals surface area contributed by atoms with Gasteiger partial charge in [-0.3, -0.25) is 9.59 Å². The zero-order valence-electron chi connectivity index (χ0n) is 15.3. The fourth-order valence-electron chi connectivity index (χ4n) is 2.42. The van der Waals surface area contributed by atoms with Gasteiger partial charge < -0.3 is 19.8 Å². The quantitative estimate of drug-likeness (QED) is 0.541. The molecular formula is C21H20N2O4S. The molecule has 2 aromatic carbocycles. The van der Waals surface area contributed by atoms with Crippen LogP contribution >= 0.6 is 11.8 Å². The Morgan fingerprint density at radius 3 is 2.50 bits per heavy atom. The Bertz CT molecular complexity index is 924. The van der Waals surface area contributed by atoms with Crippen LogP contribution in [0.1, 0.15) is 17.5 Å². The fourth-order valence-corrected chi connectivity index (χ4v) is 3.12. The van der Waals surface area contributed by atoms with Crippen molar-refractivity contribution in [2.24, 2.45) is 0 Å². The van der Waals surface area contributed by atoms with Crippen LogP contribution in [0.15, 0.2) is 76.2 Å². The van der Waals surface area contributed by atoms with E-state index in [1.807, 2.05) is 43.3 Å². The van der Waals surface area contributed by atoms with Crippen molar-refractivity contribution >= 4 is 35.0 Å². The third-order valence-electron chi connectivity index (χ3n) is 3.69. The third kappa shape index (κ3) is 5.40. The van der Waals surface area contributed by atoms with Gasteiger partial charge in [0.05, 0.1) is 24.3 Å². The normalized spacial score (nSPS) is 10.3. The SMILES string of the molecule is CCOc1ccccc1NC(=O)CSc1ccc(NC(=O)c2ccco2)cc1. The van der Waals surface area contributed by atoms with E-state index in [1.54, 1.807) is 24.3 Å². The number of benzene rings is 2. The summed E-state index contributed by atoms with van der Waals surface area (Å²) in [6.07, 6.45) is 1.45. The lowest BCUT2D eigenvalue weighted by molar-refractivity contribution is -0.113. The van der Waals surface area contributed by atoms with Crippen LogP contribution < -0.4 is 15.4 Å². The van der Waals surface area contributed by atoms with E-state index in [9.17, 15) is 9.59 Å². The minimum Gasteiger partial charge on any atom is -0.492 e. The zero-order valence-corrected chi connectivity index (χ0v) is 16.1. The zero-order chi connectivity index (χ0) is 19.8. The molecule has 0 radical (unpaired) electrons. The van der Waals surface area contributed by atoms with Crippen molar-refractivity contribution in [3.05, 3.63) is 72.7 Å². The van der Waals surface area contributed by atoms with E-state index in [0.29, 0.717) is 23.7 Å². The van der Waals surface area contributed by atoms with Crippen LogP contribution in [-0.2, 0) is 4.79 Å². The largest absolute Gasteiger partial charge is 0.492 e. The molecule has 2 N–H and O–H groups in total. The molecule has 0 saturated heterocycles. The van der Waals surface area contributed by atoms with E-state index in [0.717, 1.165) is 4.90 Å². The van der Waals surface area contributed by atoms with Crippen LogP contribution in [0, 0.1) is 0 Å². The second kappa shape index (κ2) is 9.66. The molecule has 0 unspecified atom stereocenters. The van der Waals surface area contributed by atoms with Gasteiger partial charge in [-0.15, -0.1) is 11.8 Å². The van der Waals surface area contributed by atoms with Crippen molar-refractivity contribution in [2.75, 3.05) is 23.0 Å². The maximum Gasteiger partial charge on any atom is 0.291 e. The molecule has 144 valence electrons. The standard InChI is InChI=1S/C21H20N2O4S/c1-2-26-18-7-4-3-6-17(18)23-20(24)14-28-16-11-9-15(10-12-16)22-21(25)19-8-5-13-27-19/h3-13H,2,14H2,1H3,(H,22,25)(H,23,24). The fraction of sp³-hybridized carbons (Fsp3) is 0.143. The molecule has 0 bridgehead atoms. The minimum atomic E-state index is -0.308. The number of ether oxygens (including phenoxy) is 1. The Hall–Kier alpha value is -3.19. The Balaban J connectivity index is 1.51. The van der Waals surface area contributed by atoms with E-state index < -0.39 is 0 Å². The summed E-state index contributed by atoms with van der Waals surface area (Å²) in [6, 6.07) is 17.9. The molecule has 0 saturated carbocycles. The van der Waals surface area contributed by atoms with Gasteiger partial charge in [-0.2, -0.15) is 0 Å². The van der Waals surface area contributed by atoms with Gasteiger partial charge in [0.15, 0.2) is 5.76 Å². The summed E-state index contributed by atoms with van der Waals surface area (Å²) in [5, 5.41) is 5.62. The maximum absolute atomic E-state index is 12.2. The van der Waals surface area contributed by atoms with Gasteiger partial charge in [0.25, 0.3) is 5.91 Å². The van der Waals surface area contributed by atoms with Crippen molar-refractivity contribution in [3.63, 3.8) is 0 Å². The number of para-hydroxylation sites is 2. The number of thioether (sulfide) groups is 1. The smallest absolute Gasteiger partial charge is 0.291 e. The maximum atomic E-state index is 12.2. The highest BCUT2D eigenvalue weighted by molar-refractivity contribution is 8.00. The summed E-state index contributed by atoms with van der Waals surface area (Å²) in [5.41, 5.74) is 1.31. The summed E-state index contributed by atoms with van der Waals surface area (Å²) < 4.78 is 10.6. The average molecular weight is 396 g/mol. The highest BCUT2D eigenvalue weighted by Crippen LogP contribution is 2.25. The van der Waals surface area contributed by atoms with Crippen LogP contribution in [0.3, 0.4) is 0 Å². The van der Waals surface area contributed by atoms with Gasteiger partial charge in [-0.1, -0.05) is 12.1 Å². The van der Waals surface area contributed by atoms with Gasteiger partial charge in [0, 0.05) is 10.6 Å². The summed E-state index contributed by atoms with van der Waals surface area (Å²) >= 11 is 1.41. The molecule has 0 aliphatic carbocycles. The molecule has 0 aliphatic rings. The van der Waals surface area contributed by atoms with Crippen LogP contribution in [0.25, 0.3) is 0 Å². The monoisotopic (exact) mass is 396 g/mol. The Morgan fingerprint density at radius 2 is 1.79 bits per heavy atom. The number of anilines is 2. The van der Waals surface area contributed by atoms with Crippen molar-refractivity contribution in [3.8, 4) is 5.75 Å². The minimum absolute atomic E-state index is 0.118. The second-order valence-corrected chi connectivity index (χ2v) is 6.77. The number of hydrogen-bond acceptors (Lipinski definition) is 5.